The molecule has 0 saturated heterocycles. The summed E-state index contributed by atoms with van der Waals surface area (Å²) in [7, 11) is 2.28. The third kappa shape index (κ3) is 18.0. The van der Waals surface area contributed by atoms with Gasteiger partial charge in [-0.25, -0.2) is 4.79 Å². The van der Waals surface area contributed by atoms with Crippen molar-refractivity contribution >= 4 is 12.1 Å². The number of halogens is 1. The fraction of sp³-hybridized carbons (Fsp3) is 0.724. The molecule has 1 aromatic rings. The number of hydrogen-bond acceptors (Lipinski definition) is 4. The first-order chi connectivity index (χ1) is 16.9. The molecule has 0 heterocycles. The van der Waals surface area contributed by atoms with E-state index in [2.05, 4.69) is 43.6 Å². The molecule has 6 nitrogen and oxygen atoms in total. The SMILES string of the molecule is CCCCCCCCCCCC[N+](C)(CCNC(=O)OCCOC(=O)C(C)C)Cc1ccccc1.[I-]. The van der Waals surface area contributed by atoms with Gasteiger partial charge >= 0.3 is 12.1 Å². The third-order valence-electron chi connectivity index (χ3n) is 6.41. The Morgan fingerprint density at radius 1 is 0.833 bits per heavy atom. The molecule has 0 bridgehead atoms. The zero-order valence-electron chi connectivity index (χ0n) is 23.2. The summed E-state index contributed by atoms with van der Waals surface area (Å²) >= 11 is 0. The van der Waals surface area contributed by atoms with E-state index in [0.29, 0.717) is 6.54 Å². The van der Waals surface area contributed by atoms with Crippen LogP contribution in [0.25, 0.3) is 0 Å². The van der Waals surface area contributed by atoms with Crippen LogP contribution in [0.5, 0.6) is 0 Å². The number of unbranched alkanes of at least 4 members (excludes halogenated alkanes) is 9. The molecule has 7 heteroatoms. The molecule has 36 heavy (non-hydrogen) atoms. The Bertz CT molecular complexity index is 687. The summed E-state index contributed by atoms with van der Waals surface area (Å²) in [5.41, 5.74) is 1.32. The molecule has 0 aliphatic rings. The van der Waals surface area contributed by atoms with Gasteiger partial charge in [-0.1, -0.05) is 102 Å². The summed E-state index contributed by atoms with van der Waals surface area (Å²) < 4.78 is 11.1. The molecule has 208 valence electrons. The maximum absolute atomic E-state index is 12.0. The Balaban J connectivity index is 0.0000122. The monoisotopic (exact) mass is 618 g/mol. The van der Waals surface area contributed by atoms with Crippen LogP contribution in [0.1, 0.15) is 90.5 Å². The van der Waals surface area contributed by atoms with E-state index in [1.165, 1.54) is 69.8 Å². The van der Waals surface area contributed by atoms with Crippen LogP contribution in [-0.4, -0.2) is 56.4 Å². The Labute approximate surface area is 237 Å². The van der Waals surface area contributed by atoms with E-state index >= 15 is 0 Å². The van der Waals surface area contributed by atoms with E-state index in [1.54, 1.807) is 13.8 Å². The minimum Gasteiger partial charge on any atom is -1.00 e. The smallest absolute Gasteiger partial charge is 0.407 e. The molecular formula is C29H51IN2O4. The van der Waals surface area contributed by atoms with Crippen LogP contribution in [0, 0.1) is 5.92 Å². The van der Waals surface area contributed by atoms with Crippen molar-refractivity contribution in [3.8, 4) is 0 Å². The maximum atomic E-state index is 12.0. The van der Waals surface area contributed by atoms with E-state index in [1.807, 2.05) is 6.07 Å². The number of alkyl carbamates (subject to hydrolysis) is 1. The molecule has 1 aromatic carbocycles. The zero-order chi connectivity index (χ0) is 25.8. The third-order valence-corrected chi connectivity index (χ3v) is 6.41. The Morgan fingerprint density at radius 3 is 1.97 bits per heavy atom. The lowest BCUT2D eigenvalue weighted by Gasteiger charge is -2.35. The number of nitrogens with zero attached hydrogens (tertiary/aromatic N) is 1. The van der Waals surface area contributed by atoms with Gasteiger partial charge in [0.2, 0.25) is 0 Å². The number of esters is 1. The summed E-state index contributed by atoms with van der Waals surface area (Å²) in [6.07, 6.45) is 12.9. The average Bonchev–Trinajstić information content (AvgIpc) is 2.83. The second-order valence-corrected chi connectivity index (χ2v) is 10.3. The van der Waals surface area contributed by atoms with Gasteiger partial charge in [0.05, 0.1) is 32.6 Å². The van der Waals surface area contributed by atoms with Crippen molar-refractivity contribution in [2.45, 2.75) is 91.5 Å². The van der Waals surface area contributed by atoms with Crippen LogP contribution in [0.4, 0.5) is 4.79 Å². The van der Waals surface area contributed by atoms with Crippen LogP contribution >= 0.6 is 0 Å². The number of amides is 1. The van der Waals surface area contributed by atoms with Crippen molar-refractivity contribution in [2.75, 3.05) is 39.9 Å². The zero-order valence-corrected chi connectivity index (χ0v) is 25.4. The molecule has 0 aliphatic carbocycles. The highest BCUT2D eigenvalue weighted by Gasteiger charge is 2.22. The number of carbonyl (C=O) groups excluding carboxylic acids is 2. The van der Waals surface area contributed by atoms with E-state index < -0.39 is 6.09 Å². The molecule has 1 rings (SSSR count). The quantitative estimate of drug-likeness (QED) is 0.105. The minimum atomic E-state index is -0.462. The van der Waals surface area contributed by atoms with E-state index in [0.717, 1.165) is 24.1 Å². The summed E-state index contributed by atoms with van der Waals surface area (Å²) in [5, 5.41) is 2.86. The van der Waals surface area contributed by atoms with E-state index in [-0.39, 0.29) is 49.1 Å². The predicted octanol–water partition coefficient (Wildman–Crippen LogP) is 3.48. The number of ether oxygens (including phenoxy) is 2. The molecule has 1 unspecified atom stereocenters. The van der Waals surface area contributed by atoms with Crippen LogP contribution in [0.15, 0.2) is 30.3 Å². The highest BCUT2D eigenvalue weighted by atomic mass is 127. The molecule has 1 amide bonds. The lowest BCUT2D eigenvalue weighted by molar-refractivity contribution is -0.921. The van der Waals surface area contributed by atoms with Gasteiger partial charge in [0.25, 0.3) is 0 Å². The van der Waals surface area contributed by atoms with Crippen LogP contribution in [-0.2, 0) is 20.8 Å². The van der Waals surface area contributed by atoms with Crippen LogP contribution in [0.3, 0.4) is 0 Å². The van der Waals surface area contributed by atoms with Gasteiger partial charge < -0.3 is 43.3 Å². The van der Waals surface area contributed by atoms with Crippen molar-refractivity contribution in [2.24, 2.45) is 5.92 Å². The molecule has 1 atom stereocenters. The molecular weight excluding hydrogens is 567 g/mol. The highest BCUT2D eigenvalue weighted by Crippen LogP contribution is 2.16. The number of benzene rings is 1. The Kier molecular flexibility index (Phi) is 20.9. The maximum Gasteiger partial charge on any atom is 0.407 e. The number of carbonyl (C=O) groups is 2. The number of hydrogen-bond donors (Lipinski definition) is 1. The van der Waals surface area contributed by atoms with E-state index in [4.69, 9.17) is 9.47 Å². The lowest BCUT2D eigenvalue weighted by Crippen LogP contribution is -3.00. The molecule has 0 radical (unpaired) electrons. The first kappa shape index (κ1) is 34.6. The van der Waals surface area contributed by atoms with Gasteiger partial charge in [-0.3, -0.25) is 4.79 Å². The molecule has 1 N–H and O–H groups in total. The van der Waals surface area contributed by atoms with Crippen molar-refractivity contribution in [3.05, 3.63) is 35.9 Å². The highest BCUT2D eigenvalue weighted by molar-refractivity contribution is 5.71. The van der Waals surface area contributed by atoms with Crippen molar-refractivity contribution < 1.29 is 47.5 Å². The van der Waals surface area contributed by atoms with Crippen LogP contribution in [0.2, 0.25) is 0 Å². The molecule has 0 aromatic heterocycles. The summed E-state index contributed by atoms with van der Waals surface area (Å²) in [6.45, 7) is 9.39. The van der Waals surface area contributed by atoms with Gasteiger partial charge in [0.15, 0.2) is 0 Å². The van der Waals surface area contributed by atoms with Gasteiger partial charge in [0.1, 0.15) is 19.8 Å². The minimum absolute atomic E-state index is 0. The fourth-order valence-corrected chi connectivity index (χ4v) is 4.20. The summed E-state index contributed by atoms with van der Waals surface area (Å²) in [5.74, 6) is -0.464. The fourth-order valence-electron chi connectivity index (χ4n) is 4.20. The Hall–Kier alpha value is -1.35. The Morgan fingerprint density at radius 2 is 1.39 bits per heavy atom. The van der Waals surface area contributed by atoms with Gasteiger partial charge in [-0.05, 0) is 12.8 Å². The standard InChI is InChI=1S/C29H50N2O4.HI/c1-5-6-7-8-9-10-11-12-13-17-21-31(4,25-27-18-15-14-16-19-27)22-20-30-29(33)35-24-23-34-28(32)26(2)3;/h14-16,18-19,26H,5-13,17,20-25H2,1-4H3;1H. The predicted molar refractivity (Wildman–Crippen MR) is 143 cm³/mol. The van der Waals surface area contributed by atoms with E-state index in [9.17, 15) is 9.59 Å². The largest absolute Gasteiger partial charge is 1.00 e. The lowest BCUT2D eigenvalue weighted by atomic mass is 10.1. The summed E-state index contributed by atoms with van der Waals surface area (Å²) in [4.78, 5) is 23.5. The molecule has 0 fully saturated rings. The normalized spacial score (nSPS) is 12.5. The molecule has 0 saturated carbocycles. The number of quaternary nitrogens is 1. The summed E-state index contributed by atoms with van der Waals surface area (Å²) in [6, 6.07) is 10.6. The van der Waals surface area contributed by atoms with Crippen molar-refractivity contribution in [1.29, 1.82) is 0 Å². The number of rotatable bonds is 20. The molecule has 0 aliphatic heterocycles. The number of likely N-dealkylation sites (N-methyl/N-ethyl adjacent to an activating group) is 1. The van der Waals surface area contributed by atoms with Gasteiger partial charge in [-0.15, -0.1) is 0 Å². The van der Waals surface area contributed by atoms with Gasteiger partial charge in [-0.2, -0.15) is 0 Å². The first-order valence-corrected chi connectivity index (χ1v) is 13.8. The average molecular weight is 619 g/mol. The number of nitrogens with one attached hydrogen (secondary N) is 1. The van der Waals surface area contributed by atoms with Crippen molar-refractivity contribution in [1.82, 2.24) is 5.32 Å². The van der Waals surface area contributed by atoms with Crippen LogP contribution < -0.4 is 29.3 Å². The topological polar surface area (TPSA) is 64.6 Å². The molecule has 0 spiro atoms. The van der Waals surface area contributed by atoms with Crippen molar-refractivity contribution in [3.63, 3.8) is 0 Å². The second kappa shape index (κ2) is 21.7. The first-order valence-electron chi connectivity index (χ1n) is 13.8. The second-order valence-electron chi connectivity index (χ2n) is 10.3. The van der Waals surface area contributed by atoms with Gasteiger partial charge in [0, 0.05) is 5.56 Å².